The van der Waals surface area contributed by atoms with E-state index in [4.69, 9.17) is 11.6 Å². The molecule has 0 spiro atoms. The summed E-state index contributed by atoms with van der Waals surface area (Å²) in [5.74, 6) is 0.712. The summed E-state index contributed by atoms with van der Waals surface area (Å²) >= 11 is 6.31. The fraction of sp³-hybridized carbons (Fsp3) is 0.474. The number of aromatic nitrogens is 1. The van der Waals surface area contributed by atoms with E-state index in [1.54, 1.807) is 6.20 Å². The fourth-order valence-electron chi connectivity index (χ4n) is 4.03. The maximum atomic E-state index is 12.4. The molecule has 0 radical (unpaired) electrons. The van der Waals surface area contributed by atoms with E-state index >= 15 is 0 Å². The third-order valence-corrected chi connectivity index (χ3v) is 5.76. The van der Waals surface area contributed by atoms with Gasteiger partial charge in [-0.05, 0) is 55.9 Å². The molecule has 1 saturated heterocycles. The van der Waals surface area contributed by atoms with Gasteiger partial charge in [0.15, 0.2) is 0 Å². The van der Waals surface area contributed by atoms with Crippen molar-refractivity contribution in [3.8, 4) is 0 Å². The van der Waals surface area contributed by atoms with Crippen molar-refractivity contribution in [1.29, 1.82) is 0 Å². The Morgan fingerprint density at radius 3 is 3.08 bits per heavy atom. The molecule has 126 valence electrons. The summed E-state index contributed by atoms with van der Waals surface area (Å²) in [6, 6.07) is 10.4. The Balaban J connectivity index is 1.41. The first-order chi connectivity index (χ1) is 11.7. The summed E-state index contributed by atoms with van der Waals surface area (Å²) in [6.45, 7) is 0.660. The van der Waals surface area contributed by atoms with Crippen molar-refractivity contribution < 1.29 is 4.79 Å². The van der Waals surface area contributed by atoms with Gasteiger partial charge in [0.25, 0.3) is 0 Å². The second kappa shape index (κ2) is 6.60. The average Bonchev–Trinajstić information content (AvgIpc) is 2.60. The van der Waals surface area contributed by atoms with Crippen LogP contribution in [-0.4, -0.2) is 28.9 Å². The van der Waals surface area contributed by atoms with Crippen LogP contribution in [0, 0.1) is 11.8 Å². The second-order valence-electron chi connectivity index (χ2n) is 7.01. The van der Waals surface area contributed by atoms with E-state index in [0.717, 1.165) is 42.3 Å². The lowest BCUT2D eigenvalue weighted by molar-refractivity contribution is -0.129. The average molecular weight is 344 g/mol. The lowest BCUT2D eigenvalue weighted by Gasteiger charge is -2.41. The molecule has 2 aliphatic rings. The minimum absolute atomic E-state index is 0.0119. The normalized spacial score (nSPS) is 29.8. The van der Waals surface area contributed by atoms with E-state index in [-0.39, 0.29) is 17.2 Å². The van der Waals surface area contributed by atoms with Crippen LogP contribution >= 0.6 is 11.6 Å². The van der Waals surface area contributed by atoms with E-state index in [1.165, 1.54) is 0 Å². The molecule has 4 atom stereocenters. The molecule has 5 heteroatoms. The zero-order chi connectivity index (χ0) is 16.5. The Labute approximate surface area is 147 Å². The predicted molar refractivity (Wildman–Crippen MR) is 97.3 cm³/mol. The minimum atomic E-state index is 0.0119. The number of benzene rings is 1. The highest BCUT2D eigenvalue weighted by atomic mass is 35.5. The van der Waals surface area contributed by atoms with Gasteiger partial charge in [-0.25, -0.2) is 0 Å². The number of nitrogens with zero attached hydrogens (tertiary/aromatic N) is 1. The highest BCUT2D eigenvalue weighted by molar-refractivity contribution is 6.20. The molecule has 2 fully saturated rings. The smallest absolute Gasteiger partial charge is 0.225 e. The molecule has 1 aromatic carbocycles. The van der Waals surface area contributed by atoms with Crippen molar-refractivity contribution >= 4 is 34.1 Å². The van der Waals surface area contributed by atoms with Gasteiger partial charge in [-0.2, -0.15) is 0 Å². The molecule has 0 bridgehead atoms. The van der Waals surface area contributed by atoms with Crippen LogP contribution < -0.4 is 10.6 Å². The minimum Gasteiger partial charge on any atom is -0.384 e. The SMILES string of the molecule is O=C1NC2CCC(Cl)CC2CC1CNc1ccc2ncccc2c1. The lowest BCUT2D eigenvalue weighted by atomic mass is 9.75. The molecule has 2 heterocycles. The maximum absolute atomic E-state index is 12.4. The molecule has 1 amide bonds. The number of carbonyl (C=O) groups is 1. The molecule has 2 N–H and O–H groups in total. The Morgan fingerprint density at radius 2 is 2.17 bits per heavy atom. The molecule has 1 aliphatic heterocycles. The first kappa shape index (κ1) is 15.7. The van der Waals surface area contributed by atoms with Crippen molar-refractivity contribution in [3.63, 3.8) is 0 Å². The monoisotopic (exact) mass is 343 g/mol. The fourth-order valence-corrected chi connectivity index (χ4v) is 4.39. The Morgan fingerprint density at radius 1 is 1.25 bits per heavy atom. The maximum Gasteiger partial charge on any atom is 0.225 e. The molecule has 24 heavy (non-hydrogen) atoms. The van der Waals surface area contributed by atoms with E-state index < -0.39 is 0 Å². The van der Waals surface area contributed by atoms with Crippen LogP contribution in [0.3, 0.4) is 0 Å². The van der Waals surface area contributed by atoms with Crippen LogP contribution in [0.25, 0.3) is 10.9 Å². The topological polar surface area (TPSA) is 54.0 Å². The van der Waals surface area contributed by atoms with Crippen LogP contribution in [0.5, 0.6) is 0 Å². The number of halogens is 1. The Kier molecular flexibility index (Phi) is 4.31. The first-order valence-corrected chi connectivity index (χ1v) is 9.16. The molecular formula is C19H22ClN3O. The third-order valence-electron chi connectivity index (χ3n) is 5.36. The summed E-state index contributed by atoms with van der Waals surface area (Å²) in [5, 5.41) is 8.00. The van der Waals surface area contributed by atoms with Gasteiger partial charge >= 0.3 is 0 Å². The number of rotatable bonds is 3. The van der Waals surface area contributed by atoms with Crippen LogP contribution in [0.4, 0.5) is 5.69 Å². The Hall–Kier alpha value is -1.81. The number of amides is 1. The van der Waals surface area contributed by atoms with E-state index in [9.17, 15) is 4.79 Å². The van der Waals surface area contributed by atoms with Crippen LogP contribution in [0.15, 0.2) is 36.5 Å². The summed E-state index contributed by atoms with van der Waals surface area (Å²) in [4.78, 5) is 16.7. The molecule has 1 aliphatic carbocycles. The van der Waals surface area contributed by atoms with Crippen molar-refractivity contribution in [2.45, 2.75) is 37.1 Å². The standard InChI is InChI=1S/C19H22ClN3O/c20-15-3-5-18-13(9-15)8-14(19(24)23-18)11-22-16-4-6-17-12(10-16)2-1-7-21-17/h1-2,4,6-7,10,13-15,18,22H,3,5,8-9,11H2,(H,23,24). The van der Waals surface area contributed by atoms with E-state index in [0.29, 0.717) is 18.5 Å². The number of alkyl halides is 1. The van der Waals surface area contributed by atoms with Crippen molar-refractivity contribution in [1.82, 2.24) is 10.3 Å². The first-order valence-electron chi connectivity index (χ1n) is 8.72. The van der Waals surface area contributed by atoms with Crippen LogP contribution in [0.1, 0.15) is 25.7 Å². The molecule has 2 aromatic rings. The van der Waals surface area contributed by atoms with Gasteiger partial charge in [0, 0.05) is 35.2 Å². The van der Waals surface area contributed by atoms with Crippen LogP contribution in [-0.2, 0) is 4.79 Å². The van der Waals surface area contributed by atoms with Crippen molar-refractivity contribution in [2.75, 3.05) is 11.9 Å². The second-order valence-corrected chi connectivity index (χ2v) is 7.63. The molecule has 4 nitrogen and oxygen atoms in total. The lowest BCUT2D eigenvalue weighted by Crippen LogP contribution is -2.53. The summed E-state index contributed by atoms with van der Waals surface area (Å²) in [6.07, 6.45) is 5.78. The summed E-state index contributed by atoms with van der Waals surface area (Å²) in [5.41, 5.74) is 2.01. The highest BCUT2D eigenvalue weighted by Crippen LogP contribution is 2.35. The summed E-state index contributed by atoms with van der Waals surface area (Å²) < 4.78 is 0. The number of anilines is 1. The molecule has 1 aromatic heterocycles. The molecular weight excluding hydrogens is 322 g/mol. The zero-order valence-corrected chi connectivity index (χ0v) is 14.3. The predicted octanol–water partition coefficient (Wildman–Crippen LogP) is 3.56. The Bertz CT molecular complexity index is 750. The number of piperidine rings is 1. The summed E-state index contributed by atoms with van der Waals surface area (Å²) in [7, 11) is 0. The molecule has 4 rings (SSSR count). The third kappa shape index (κ3) is 3.20. The van der Waals surface area contributed by atoms with Gasteiger partial charge < -0.3 is 10.6 Å². The zero-order valence-electron chi connectivity index (χ0n) is 13.5. The number of hydrogen-bond donors (Lipinski definition) is 2. The van der Waals surface area contributed by atoms with Crippen LogP contribution in [0.2, 0.25) is 0 Å². The van der Waals surface area contributed by atoms with Gasteiger partial charge in [-0.15, -0.1) is 11.6 Å². The number of carbonyl (C=O) groups excluding carboxylic acids is 1. The number of pyridine rings is 1. The quantitative estimate of drug-likeness (QED) is 0.838. The molecule has 1 saturated carbocycles. The van der Waals surface area contributed by atoms with Crippen molar-refractivity contribution in [3.05, 3.63) is 36.5 Å². The molecule has 4 unspecified atom stereocenters. The number of nitrogens with one attached hydrogen (secondary N) is 2. The number of fused-ring (bicyclic) bond motifs is 2. The van der Waals surface area contributed by atoms with Gasteiger partial charge in [-0.3, -0.25) is 9.78 Å². The van der Waals surface area contributed by atoms with E-state index in [2.05, 4.69) is 21.7 Å². The van der Waals surface area contributed by atoms with Crippen molar-refractivity contribution in [2.24, 2.45) is 11.8 Å². The highest BCUT2D eigenvalue weighted by Gasteiger charge is 2.38. The van der Waals surface area contributed by atoms with Gasteiger partial charge in [0.2, 0.25) is 5.91 Å². The van der Waals surface area contributed by atoms with Gasteiger partial charge in [0.1, 0.15) is 0 Å². The number of hydrogen-bond acceptors (Lipinski definition) is 3. The largest absolute Gasteiger partial charge is 0.384 e. The van der Waals surface area contributed by atoms with Gasteiger partial charge in [-0.1, -0.05) is 6.07 Å². The van der Waals surface area contributed by atoms with Gasteiger partial charge in [0.05, 0.1) is 11.4 Å². The van der Waals surface area contributed by atoms with E-state index in [1.807, 2.05) is 24.3 Å².